The van der Waals surface area contributed by atoms with Gasteiger partial charge in [-0.1, -0.05) is 11.8 Å². The number of alkyl carbamates (subject to hydrolysis) is 1. The van der Waals surface area contributed by atoms with Crippen LogP contribution in [0.15, 0.2) is 0 Å². The quantitative estimate of drug-likeness (QED) is 0.728. The van der Waals surface area contributed by atoms with Crippen molar-refractivity contribution in [1.82, 2.24) is 10.6 Å². The Morgan fingerprint density at radius 3 is 2.20 bits per heavy atom. The van der Waals surface area contributed by atoms with Crippen molar-refractivity contribution in [1.29, 1.82) is 0 Å². The third kappa shape index (κ3) is 9.40. The highest BCUT2D eigenvalue weighted by Gasteiger charge is 2.15. The van der Waals surface area contributed by atoms with Crippen LogP contribution in [0.25, 0.3) is 0 Å². The van der Waals surface area contributed by atoms with E-state index in [0.29, 0.717) is 13.1 Å². The molecule has 0 aromatic heterocycles. The molecule has 0 fully saturated rings. The molecule has 2 amide bonds. The maximum absolute atomic E-state index is 11.1. The highest BCUT2D eigenvalue weighted by atomic mass is 32.2. The average molecular weight is 234 g/mol. The van der Waals surface area contributed by atoms with Gasteiger partial charge in [-0.15, -0.1) is 0 Å². The van der Waals surface area contributed by atoms with Crippen molar-refractivity contribution < 1.29 is 14.3 Å². The maximum atomic E-state index is 11.1. The van der Waals surface area contributed by atoms with Crippen LogP contribution in [0, 0.1) is 0 Å². The molecular formula is C9H18N2O3S. The van der Waals surface area contributed by atoms with Gasteiger partial charge in [0, 0.05) is 13.1 Å². The largest absolute Gasteiger partial charge is 0.444 e. The molecule has 15 heavy (non-hydrogen) atoms. The van der Waals surface area contributed by atoms with Gasteiger partial charge in [-0.3, -0.25) is 4.79 Å². The smallest absolute Gasteiger partial charge is 0.407 e. The number of nitrogens with one attached hydrogen (secondary N) is 2. The van der Waals surface area contributed by atoms with E-state index in [2.05, 4.69) is 10.6 Å². The molecule has 0 saturated heterocycles. The molecule has 5 nitrogen and oxygen atoms in total. The first-order valence-corrected chi connectivity index (χ1v) is 5.86. The monoisotopic (exact) mass is 234 g/mol. The second-order valence-electron chi connectivity index (χ2n) is 3.85. The van der Waals surface area contributed by atoms with Crippen molar-refractivity contribution in [3.63, 3.8) is 0 Å². The van der Waals surface area contributed by atoms with E-state index < -0.39 is 11.7 Å². The number of hydrogen-bond acceptors (Lipinski definition) is 4. The molecule has 2 N–H and O–H groups in total. The topological polar surface area (TPSA) is 67.4 Å². The molecule has 0 atom stereocenters. The van der Waals surface area contributed by atoms with Gasteiger partial charge < -0.3 is 15.4 Å². The zero-order chi connectivity index (χ0) is 11.9. The van der Waals surface area contributed by atoms with E-state index in [9.17, 15) is 9.59 Å². The SMILES string of the molecule is CSC(=O)NCCNC(=O)OC(C)(C)C. The number of rotatable bonds is 3. The molecule has 0 aliphatic carbocycles. The first kappa shape index (κ1) is 14.1. The predicted octanol–water partition coefficient (Wildman–Crippen LogP) is 1.58. The van der Waals surface area contributed by atoms with Crippen molar-refractivity contribution in [3.8, 4) is 0 Å². The van der Waals surface area contributed by atoms with Gasteiger partial charge in [-0.2, -0.15) is 0 Å². The van der Waals surface area contributed by atoms with Crippen molar-refractivity contribution in [2.24, 2.45) is 0 Å². The Labute approximate surface area is 94.3 Å². The predicted molar refractivity (Wildman–Crippen MR) is 61.2 cm³/mol. The Balaban J connectivity index is 3.52. The number of carbonyl (C=O) groups is 2. The van der Waals surface area contributed by atoms with Gasteiger partial charge in [0.2, 0.25) is 0 Å². The van der Waals surface area contributed by atoms with E-state index >= 15 is 0 Å². The van der Waals surface area contributed by atoms with Gasteiger partial charge in [0.1, 0.15) is 5.60 Å². The molecule has 6 heteroatoms. The summed E-state index contributed by atoms with van der Waals surface area (Å²) >= 11 is 1.10. The zero-order valence-corrected chi connectivity index (χ0v) is 10.4. The van der Waals surface area contributed by atoms with E-state index in [1.165, 1.54) is 0 Å². The van der Waals surface area contributed by atoms with Crippen LogP contribution in [0.1, 0.15) is 20.8 Å². The fourth-order valence-corrected chi connectivity index (χ4v) is 0.962. The van der Waals surface area contributed by atoms with Crippen LogP contribution in [-0.2, 0) is 4.74 Å². The first-order chi connectivity index (χ1) is 6.85. The summed E-state index contributed by atoms with van der Waals surface area (Å²) in [4.78, 5) is 21.9. The summed E-state index contributed by atoms with van der Waals surface area (Å²) in [5, 5.41) is 5.03. The molecule has 0 aromatic rings. The molecular weight excluding hydrogens is 216 g/mol. The Hall–Kier alpha value is -0.910. The van der Waals surface area contributed by atoms with Crippen molar-refractivity contribution in [2.75, 3.05) is 19.3 Å². The van der Waals surface area contributed by atoms with Crippen LogP contribution < -0.4 is 10.6 Å². The molecule has 0 spiro atoms. The zero-order valence-electron chi connectivity index (χ0n) is 9.55. The maximum Gasteiger partial charge on any atom is 0.407 e. The highest BCUT2D eigenvalue weighted by molar-refractivity contribution is 8.12. The van der Waals surface area contributed by atoms with Crippen molar-refractivity contribution in [3.05, 3.63) is 0 Å². The Kier molecular flexibility index (Phi) is 6.15. The summed E-state index contributed by atoms with van der Waals surface area (Å²) in [6.45, 7) is 6.15. The summed E-state index contributed by atoms with van der Waals surface area (Å²) in [5.74, 6) is 0. The van der Waals surface area contributed by atoms with E-state index in [4.69, 9.17) is 4.74 Å². The summed E-state index contributed by atoms with van der Waals surface area (Å²) in [7, 11) is 0. The standard InChI is InChI=1S/C9H18N2O3S/c1-9(2,3)14-7(12)10-5-6-11-8(13)15-4/h5-6H2,1-4H3,(H,10,12)(H,11,13). The summed E-state index contributed by atoms with van der Waals surface area (Å²) < 4.78 is 5.00. The number of ether oxygens (including phenoxy) is 1. The van der Waals surface area contributed by atoms with E-state index in [-0.39, 0.29) is 5.24 Å². The van der Waals surface area contributed by atoms with Gasteiger partial charge >= 0.3 is 6.09 Å². The third-order valence-corrected chi connectivity index (χ3v) is 1.76. The summed E-state index contributed by atoms with van der Waals surface area (Å²) in [6.07, 6.45) is 1.22. The van der Waals surface area contributed by atoms with Crippen LogP contribution in [0.5, 0.6) is 0 Å². The lowest BCUT2D eigenvalue weighted by atomic mass is 10.2. The van der Waals surface area contributed by atoms with E-state index in [0.717, 1.165) is 11.8 Å². The summed E-state index contributed by atoms with van der Waals surface area (Å²) in [6, 6.07) is 0. The Morgan fingerprint density at radius 2 is 1.73 bits per heavy atom. The molecule has 0 aromatic carbocycles. The molecule has 0 heterocycles. The second-order valence-corrected chi connectivity index (χ2v) is 4.63. The molecule has 0 aliphatic heterocycles. The van der Waals surface area contributed by atoms with Gasteiger partial charge in [0.25, 0.3) is 5.24 Å². The summed E-state index contributed by atoms with van der Waals surface area (Å²) in [5.41, 5.74) is -0.493. The average Bonchev–Trinajstić information content (AvgIpc) is 2.09. The molecule has 88 valence electrons. The first-order valence-electron chi connectivity index (χ1n) is 4.64. The number of carbonyl (C=O) groups excluding carboxylic acids is 2. The highest BCUT2D eigenvalue weighted by Crippen LogP contribution is 2.05. The minimum absolute atomic E-state index is 0.110. The number of thioether (sulfide) groups is 1. The lowest BCUT2D eigenvalue weighted by Crippen LogP contribution is -2.37. The normalized spacial score (nSPS) is 10.7. The molecule has 0 rings (SSSR count). The Morgan fingerprint density at radius 1 is 1.20 bits per heavy atom. The second kappa shape index (κ2) is 6.55. The minimum Gasteiger partial charge on any atom is -0.444 e. The van der Waals surface area contributed by atoms with Crippen molar-refractivity contribution >= 4 is 23.1 Å². The van der Waals surface area contributed by atoms with Gasteiger partial charge in [-0.25, -0.2) is 4.79 Å². The van der Waals surface area contributed by atoms with Crippen LogP contribution in [0.3, 0.4) is 0 Å². The third-order valence-electron chi connectivity index (χ3n) is 1.25. The Bertz CT molecular complexity index is 226. The lowest BCUT2D eigenvalue weighted by molar-refractivity contribution is 0.0528. The fraction of sp³-hybridized carbons (Fsp3) is 0.778. The molecule has 0 radical (unpaired) electrons. The van der Waals surface area contributed by atoms with Crippen LogP contribution in [-0.4, -0.2) is 36.3 Å². The molecule has 0 unspecified atom stereocenters. The van der Waals surface area contributed by atoms with E-state index in [1.807, 2.05) is 0 Å². The van der Waals surface area contributed by atoms with E-state index in [1.54, 1.807) is 27.0 Å². The van der Waals surface area contributed by atoms with Crippen LogP contribution in [0.2, 0.25) is 0 Å². The number of amides is 2. The van der Waals surface area contributed by atoms with Crippen LogP contribution >= 0.6 is 11.8 Å². The van der Waals surface area contributed by atoms with Crippen molar-refractivity contribution in [2.45, 2.75) is 26.4 Å². The number of hydrogen-bond donors (Lipinski definition) is 2. The van der Waals surface area contributed by atoms with Gasteiger partial charge in [0.15, 0.2) is 0 Å². The minimum atomic E-state index is -0.493. The molecule has 0 bridgehead atoms. The van der Waals surface area contributed by atoms with Gasteiger partial charge in [0.05, 0.1) is 0 Å². The van der Waals surface area contributed by atoms with Crippen LogP contribution in [0.4, 0.5) is 9.59 Å². The molecule has 0 aliphatic rings. The fourth-order valence-electron chi connectivity index (χ4n) is 0.715. The lowest BCUT2D eigenvalue weighted by Gasteiger charge is -2.19. The van der Waals surface area contributed by atoms with Gasteiger partial charge in [-0.05, 0) is 27.0 Å². The molecule has 0 saturated carbocycles.